The van der Waals surface area contributed by atoms with Gasteiger partial charge in [-0.05, 0) is 48.5 Å². The average Bonchev–Trinajstić information content (AvgIpc) is 3.49. The third kappa shape index (κ3) is 20.2. The number of phenols is 2. The zero-order chi connectivity index (χ0) is 25.5. The number of hydrogen-bond donors (Lipinski definition) is 2. The van der Waals surface area contributed by atoms with Crippen molar-refractivity contribution in [3.8, 4) is 11.5 Å². The van der Waals surface area contributed by atoms with Crippen LogP contribution in [-0.2, 0) is 26.2 Å². The molecular weight excluding hydrogens is 548 g/mol. The minimum absolute atomic E-state index is 0. The Morgan fingerprint density at radius 1 is 0.514 bits per heavy atom. The molecule has 0 spiro atoms. The Bertz CT molecular complexity index is 847. The summed E-state index contributed by atoms with van der Waals surface area (Å²) >= 11 is 3.60. The van der Waals surface area contributed by atoms with Crippen LogP contribution in [0, 0.1) is 0 Å². The Balaban J connectivity index is 0.000000468. The predicted octanol–water partition coefficient (Wildman–Crippen LogP) is 9.37. The van der Waals surface area contributed by atoms with Gasteiger partial charge >= 0.3 is 26.2 Å². The van der Waals surface area contributed by atoms with Gasteiger partial charge in [-0.1, -0.05) is 41.5 Å². The second kappa shape index (κ2) is 17.7. The first-order valence-corrected chi connectivity index (χ1v) is 12.9. The first kappa shape index (κ1) is 33.3. The molecule has 0 saturated heterocycles. The van der Waals surface area contributed by atoms with Crippen molar-refractivity contribution in [3.05, 3.63) is 109 Å². The Kier molecular flexibility index (Phi) is 16.9. The van der Waals surface area contributed by atoms with Gasteiger partial charge in [0, 0.05) is 19.3 Å². The molecule has 2 N–H and O–H groups in total. The summed E-state index contributed by atoms with van der Waals surface area (Å²) in [5, 5.41) is 18.1. The molecule has 0 aliphatic carbocycles. The molecule has 4 aromatic carbocycles. The SMILES string of the molecule is CC(C)(C)Sc1ccc(O)cc1.CC(C)(C)Sc1ccc(O)cc1.[Zr+2].c1cc[cH-]c1.c1cc[cH-]c1. The quantitative estimate of drug-likeness (QED) is 0.182. The molecule has 0 aliphatic rings. The first-order chi connectivity index (χ1) is 15.9. The standard InChI is InChI=1S/2C10H14OS.2C5H5.Zr/c2*1-10(2,3)12-9-6-4-8(11)5-7-9;2*1-2-4-5-3-1;/h2*4-7,11H,1-3H3;2*1-5H;/q;;2*-1;+2. The molecule has 186 valence electrons. The van der Waals surface area contributed by atoms with Crippen LogP contribution in [0.1, 0.15) is 41.5 Å². The van der Waals surface area contributed by atoms with Crippen molar-refractivity contribution >= 4 is 23.5 Å². The monoisotopic (exact) mass is 584 g/mol. The van der Waals surface area contributed by atoms with E-state index in [1.165, 1.54) is 9.79 Å². The van der Waals surface area contributed by atoms with E-state index in [4.69, 9.17) is 10.2 Å². The van der Waals surface area contributed by atoms with E-state index in [9.17, 15) is 0 Å². The van der Waals surface area contributed by atoms with Gasteiger partial charge in [-0.15, -0.1) is 23.5 Å². The van der Waals surface area contributed by atoms with E-state index in [-0.39, 0.29) is 35.7 Å². The number of hydrogen-bond acceptors (Lipinski definition) is 4. The summed E-state index contributed by atoms with van der Waals surface area (Å²) in [4.78, 5) is 2.39. The molecule has 0 aliphatic heterocycles. The Labute approximate surface area is 240 Å². The van der Waals surface area contributed by atoms with E-state index < -0.39 is 0 Å². The van der Waals surface area contributed by atoms with Gasteiger partial charge in [0.25, 0.3) is 0 Å². The maximum atomic E-state index is 9.05. The molecule has 0 amide bonds. The average molecular weight is 586 g/mol. The maximum Gasteiger partial charge on any atom is 2.00 e. The van der Waals surface area contributed by atoms with Gasteiger partial charge in [0.15, 0.2) is 0 Å². The Morgan fingerprint density at radius 3 is 0.943 bits per heavy atom. The zero-order valence-electron chi connectivity index (χ0n) is 21.6. The van der Waals surface area contributed by atoms with Gasteiger partial charge in [0.1, 0.15) is 11.5 Å². The molecule has 0 radical (unpaired) electrons. The van der Waals surface area contributed by atoms with Gasteiger partial charge in [-0.2, -0.15) is 36.4 Å². The molecule has 0 aromatic heterocycles. The van der Waals surface area contributed by atoms with Gasteiger partial charge in [-0.25, -0.2) is 24.3 Å². The van der Waals surface area contributed by atoms with E-state index in [1.54, 1.807) is 47.8 Å². The minimum atomic E-state index is 0. The first-order valence-electron chi connectivity index (χ1n) is 11.2. The molecule has 35 heavy (non-hydrogen) atoms. The fraction of sp³-hybridized carbons (Fsp3) is 0.267. The van der Waals surface area contributed by atoms with Crippen LogP contribution in [0.4, 0.5) is 0 Å². The van der Waals surface area contributed by atoms with Crippen LogP contribution >= 0.6 is 23.5 Å². The van der Waals surface area contributed by atoms with Gasteiger partial charge in [0.2, 0.25) is 0 Å². The summed E-state index contributed by atoms with van der Waals surface area (Å²) < 4.78 is 0.466. The van der Waals surface area contributed by atoms with Crippen LogP contribution in [-0.4, -0.2) is 19.7 Å². The van der Waals surface area contributed by atoms with E-state index in [0.717, 1.165) is 0 Å². The summed E-state index contributed by atoms with van der Waals surface area (Å²) in [5.74, 6) is 0.654. The fourth-order valence-corrected chi connectivity index (χ4v) is 4.34. The summed E-state index contributed by atoms with van der Waals surface area (Å²) in [6.07, 6.45) is 0. The number of phenolic OH excluding ortho intramolecular Hbond substituents is 2. The van der Waals surface area contributed by atoms with Crippen LogP contribution in [0.5, 0.6) is 11.5 Å². The Morgan fingerprint density at radius 2 is 0.771 bits per heavy atom. The maximum absolute atomic E-state index is 9.05. The zero-order valence-corrected chi connectivity index (χ0v) is 25.7. The molecule has 2 nitrogen and oxygen atoms in total. The smallest absolute Gasteiger partial charge is 0.508 e. The summed E-state index contributed by atoms with van der Waals surface area (Å²) in [6, 6.07) is 34.6. The van der Waals surface area contributed by atoms with E-state index >= 15 is 0 Å². The van der Waals surface area contributed by atoms with E-state index in [0.29, 0.717) is 11.5 Å². The molecule has 0 fully saturated rings. The van der Waals surface area contributed by atoms with Crippen LogP contribution in [0.3, 0.4) is 0 Å². The molecule has 4 aromatic rings. The molecule has 0 saturated carbocycles. The normalized spacial score (nSPS) is 10.2. The second-order valence-electron chi connectivity index (χ2n) is 9.34. The van der Waals surface area contributed by atoms with Crippen molar-refractivity contribution in [2.24, 2.45) is 0 Å². The Hall–Kier alpha value is -1.68. The largest absolute Gasteiger partial charge is 2.00 e. The third-order valence-corrected chi connectivity index (χ3v) is 5.87. The molecule has 4 rings (SSSR count). The van der Waals surface area contributed by atoms with Crippen molar-refractivity contribution in [1.29, 1.82) is 0 Å². The second-order valence-corrected chi connectivity index (χ2v) is 13.1. The fourth-order valence-electron chi connectivity index (χ4n) is 2.38. The number of rotatable bonds is 2. The van der Waals surface area contributed by atoms with Gasteiger partial charge in [-0.3, -0.25) is 0 Å². The van der Waals surface area contributed by atoms with Crippen molar-refractivity contribution in [2.75, 3.05) is 0 Å². The van der Waals surface area contributed by atoms with E-state index in [1.807, 2.05) is 84.9 Å². The van der Waals surface area contributed by atoms with Crippen LogP contribution in [0.25, 0.3) is 0 Å². The van der Waals surface area contributed by atoms with Crippen LogP contribution < -0.4 is 0 Å². The summed E-state index contributed by atoms with van der Waals surface area (Å²) in [6.45, 7) is 13.0. The van der Waals surface area contributed by atoms with Crippen molar-refractivity contribution in [1.82, 2.24) is 0 Å². The number of thioether (sulfide) groups is 2. The van der Waals surface area contributed by atoms with E-state index in [2.05, 4.69) is 41.5 Å². The number of aromatic hydroxyl groups is 2. The molecule has 5 heteroatoms. The molecule has 0 heterocycles. The van der Waals surface area contributed by atoms with Crippen molar-refractivity contribution in [2.45, 2.75) is 60.8 Å². The number of benzene rings is 2. The predicted molar refractivity (Wildman–Crippen MR) is 152 cm³/mol. The minimum Gasteiger partial charge on any atom is -0.508 e. The van der Waals surface area contributed by atoms with Gasteiger partial charge < -0.3 is 10.2 Å². The third-order valence-electron chi connectivity index (χ3n) is 3.63. The van der Waals surface area contributed by atoms with Crippen molar-refractivity contribution in [3.63, 3.8) is 0 Å². The molecule has 0 unspecified atom stereocenters. The van der Waals surface area contributed by atoms with Crippen LogP contribution in [0.15, 0.2) is 119 Å². The molecule has 0 atom stereocenters. The topological polar surface area (TPSA) is 40.5 Å². The summed E-state index contributed by atoms with van der Waals surface area (Å²) in [5.41, 5.74) is 0. The van der Waals surface area contributed by atoms with Crippen molar-refractivity contribution < 1.29 is 36.4 Å². The molecule has 0 bridgehead atoms. The molecular formula is C30H38O2S2Zr. The van der Waals surface area contributed by atoms with Crippen LogP contribution in [0.2, 0.25) is 0 Å². The van der Waals surface area contributed by atoms with Gasteiger partial charge in [0.05, 0.1) is 0 Å². The summed E-state index contributed by atoms with van der Waals surface area (Å²) in [7, 11) is 0.